The van der Waals surface area contributed by atoms with Crippen LogP contribution in [0.2, 0.25) is 0 Å². The Bertz CT molecular complexity index is 1550. The minimum absolute atomic E-state index is 0.264. The Morgan fingerprint density at radius 2 is 1.76 bits per heavy atom. The molecule has 0 fully saturated rings. The summed E-state index contributed by atoms with van der Waals surface area (Å²) < 4.78 is 18.1. The summed E-state index contributed by atoms with van der Waals surface area (Å²) in [6, 6.07) is 16.7. The second-order valence-electron chi connectivity index (χ2n) is 8.94. The zero-order valence-corrected chi connectivity index (χ0v) is 20.9. The number of benzene rings is 2. The van der Waals surface area contributed by atoms with Gasteiger partial charge in [0.2, 0.25) is 0 Å². The number of hydrogen-bond acceptors (Lipinski definition) is 5. The number of aryl methyl sites for hydroxylation is 2. The molecule has 9 heteroatoms. The van der Waals surface area contributed by atoms with Crippen molar-refractivity contribution in [1.82, 2.24) is 34.7 Å². The number of imidazole rings is 1. The van der Waals surface area contributed by atoms with Gasteiger partial charge in [0.1, 0.15) is 5.82 Å². The first kappa shape index (κ1) is 24.3. The SMILES string of the molecule is CCCc1cccc(F)c1-n1cc(CCC)n(Cc2ccc(-c3ccccc3-c3nnn[nH]3)cn2)c1=O. The van der Waals surface area contributed by atoms with E-state index in [0.29, 0.717) is 30.9 Å². The predicted octanol–water partition coefficient (Wildman–Crippen LogP) is 4.97. The Kier molecular flexibility index (Phi) is 7.02. The van der Waals surface area contributed by atoms with Crippen LogP contribution in [0.15, 0.2) is 71.8 Å². The summed E-state index contributed by atoms with van der Waals surface area (Å²) in [5.41, 5.74) is 5.21. The smallest absolute Gasteiger partial charge is 0.290 e. The lowest BCUT2D eigenvalue weighted by molar-refractivity contribution is 0.608. The van der Waals surface area contributed by atoms with Crippen molar-refractivity contribution in [2.45, 2.75) is 46.1 Å². The van der Waals surface area contributed by atoms with Crippen LogP contribution in [0.1, 0.15) is 43.6 Å². The van der Waals surface area contributed by atoms with E-state index >= 15 is 0 Å². The largest absolute Gasteiger partial charge is 0.333 e. The molecule has 8 nitrogen and oxygen atoms in total. The van der Waals surface area contributed by atoms with Crippen molar-refractivity contribution < 1.29 is 4.39 Å². The highest BCUT2D eigenvalue weighted by atomic mass is 19.1. The lowest BCUT2D eigenvalue weighted by Crippen LogP contribution is -2.26. The van der Waals surface area contributed by atoms with E-state index in [9.17, 15) is 9.18 Å². The number of rotatable bonds is 9. The fourth-order valence-electron chi connectivity index (χ4n) is 4.67. The predicted molar refractivity (Wildman–Crippen MR) is 140 cm³/mol. The molecule has 0 saturated heterocycles. The van der Waals surface area contributed by atoms with Crippen LogP contribution >= 0.6 is 0 Å². The topological polar surface area (TPSA) is 94.3 Å². The molecule has 0 aliphatic heterocycles. The minimum atomic E-state index is -0.392. The van der Waals surface area contributed by atoms with E-state index in [2.05, 4.69) is 32.5 Å². The normalized spacial score (nSPS) is 11.2. The molecular weight excluding hydrogens is 469 g/mol. The Hall–Kier alpha value is -4.40. The first-order valence-electron chi connectivity index (χ1n) is 12.5. The molecule has 3 aromatic heterocycles. The summed E-state index contributed by atoms with van der Waals surface area (Å²) in [5.74, 6) is 0.184. The van der Waals surface area contributed by atoms with Crippen LogP contribution in [0, 0.1) is 5.82 Å². The first-order valence-corrected chi connectivity index (χ1v) is 12.5. The molecule has 0 atom stereocenters. The van der Waals surface area contributed by atoms with E-state index < -0.39 is 5.82 Å². The molecule has 0 aliphatic rings. The molecule has 37 heavy (non-hydrogen) atoms. The van der Waals surface area contributed by atoms with Crippen molar-refractivity contribution in [3.05, 3.63) is 100 Å². The highest BCUT2D eigenvalue weighted by Crippen LogP contribution is 2.29. The first-order chi connectivity index (χ1) is 18.1. The molecule has 188 valence electrons. The molecule has 2 aromatic carbocycles. The number of H-pyrrole nitrogens is 1. The van der Waals surface area contributed by atoms with Crippen molar-refractivity contribution in [1.29, 1.82) is 0 Å². The van der Waals surface area contributed by atoms with Crippen LogP contribution < -0.4 is 5.69 Å². The molecule has 0 bridgehead atoms. The molecule has 0 aliphatic carbocycles. The summed E-state index contributed by atoms with van der Waals surface area (Å²) >= 11 is 0. The maximum Gasteiger partial charge on any atom is 0.333 e. The molecule has 0 saturated carbocycles. The summed E-state index contributed by atoms with van der Waals surface area (Å²) in [6.45, 7) is 4.40. The maximum atomic E-state index is 14.9. The number of pyridine rings is 1. The van der Waals surface area contributed by atoms with Gasteiger partial charge in [-0.1, -0.05) is 69.2 Å². The molecule has 0 spiro atoms. The zero-order chi connectivity index (χ0) is 25.8. The Morgan fingerprint density at radius 3 is 2.46 bits per heavy atom. The van der Waals surface area contributed by atoms with Gasteiger partial charge in [0.05, 0.1) is 17.9 Å². The average Bonchev–Trinajstić information content (AvgIpc) is 3.55. The Morgan fingerprint density at radius 1 is 0.946 bits per heavy atom. The van der Waals surface area contributed by atoms with E-state index in [4.69, 9.17) is 0 Å². The van der Waals surface area contributed by atoms with Crippen LogP contribution in [-0.4, -0.2) is 34.7 Å². The third-order valence-corrected chi connectivity index (χ3v) is 6.38. The second-order valence-corrected chi connectivity index (χ2v) is 8.94. The molecule has 3 heterocycles. The van der Waals surface area contributed by atoms with E-state index in [1.54, 1.807) is 23.0 Å². The summed E-state index contributed by atoms with van der Waals surface area (Å²) in [4.78, 5) is 18.2. The standard InChI is InChI=1S/C28H28FN7O/c1-3-8-19-10-7-13-25(29)26(19)36-18-22(9-4-2)35(28(36)37)17-21-15-14-20(16-30-21)23-11-5-6-12-24(23)27-31-33-34-32-27/h5-7,10-16,18H,3-4,8-9,17H2,1-2H3,(H,31,32,33,34). The number of halogens is 1. The lowest BCUT2D eigenvalue weighted by Gasteiger charge is -2.10. The van der Waals surface area contributed by atoms with Gasteiger partial charge in [-0.3, -0.25) is 14.1 Å². The fourth-order valence-corrected chi connectivity index (χ4v) is 4.67. The average molecular weight is 498 g/mol. The van der Waals surface area contributed by atoms with Crippen molar-refractivity contribution in [3.63, 3.8) is 0 Å². The maximum absolute atomic E-state index is 14.9. The number of aromatic amines is 1. The number of nitrogens with one attached hydrogen (secondary N) is 1. The van der Waals surface area contributed by atoms with Gasteiger partial charge in [0.15, 0.2) is 5.82 Å². The molecular formula is C28H28FN7O. The zero-order valence-electron chi connectivity index (χ0n) is 20.9. The molecule has 0 amide bonds. The van der Waals surface area contributed by atoms with Crippen LogP contribution in [0.4, 0.5) is 4.39 Å². The highest BCUT2D eigenvalue weighted by molar-refractivity contribution is 5.79. The summed E-state index contributed by atoms with van der Waals surface area (Å²) in [5, 5.41) is 14.2. The molecule has 5 aromatic rings. The van der Waals surface area contributed by atoms with Crippen molar-refractivity contribution in [2.24, 2.45) is 0 Å². The second kappa shape index (κ2) is 10.7. The highest BCUT2D eigenvalue weighted by Gasteiger charge is 2.18. The third-order valence-electron chi connectivity index (χ3n) is 6.38. The fraction of sp³-hybridized carbons (Fsp3) is 0.250. The summed E-state index contributed by atoms with van der Waals surface area (Å²) in [6.07, 6.45) is 6.69. The molecule has 1 N–H and O–H groups in total. The lowest BCUT2D eigenvalue weighted by atomic mass is 10.0. The van der Waals surface area contributed by atoms with Crippen molar-refractivity contribution in [2.75, 3.05) is 0 Å². The van der Waals surface area contributed by atoms with Gasteiger partial charge in [-0.25, -0.2) is 14.3 Å². The number of nitrogens with zero attached hydrogens (tertiary/aromatic N) is 6. The molecule has 0 radical (unpaired) electrons. The Balaban J connectivity index is 1.49. The third kappa shape index (κ3) is 4.84. The van der Waals surface area contributed by atoms with E-state index in [1.165, 1.54) is 10.6 Å². The van der Waals surface area contributed by atoms with E-state index in [-0.39, 0.29) is 5.69 Å². The summed E-state index contributed by atoms with van der Waals surface area (Å²) in [7, 11) is 0. The van der Waals surface area contributed by atoms with Gasteiger partial charge in [-0.2, -0.15) is 0 Å². The van der Waals surface area contributed by atoms with Crippen molar-refractivity contribution >= 4 is 0 Å². The molecule has 5 rings (SSSR count). The van der Waals surface area contributed by atoms with Gasteiger partial charge >= 0.3 is 5.69 Å². The van der Waals surface area contributed by atoms with Gasteiger partial charge < -0.3 is 0 Å². The van der Waals surface area contributed by atoms with Crippen LogP contribution in [0.25, 0.3) is 28.2 Å². The van der Waals surface area contributed by atoms with Crippen LogP contribution in [0.3, 0.4) is 0 Å². The minimum Gasteiger partial charge on any atom is -0.290 e. The number of para-hydroxylation sites is 1. The Labute approximate surface area is 213 Å². The number of tetrazole rings is 1. The van der Waals surface area contributed by atoms with Crippen LogP contribution in [-0.2, 0) is 19.4 Å². The number of hydrogen-bond donors (Lipinski definition) is 1. The van der Waals surface area contributed by atoms with Crippen LogP contribution in [0.5, 0.6) is 0 Å². The quantitative estimate of drug-likeness (QED) is 0.310. The number of aromatic nitrogens is 7. The van der Waals surface area contributed by atoms with Gasteiger partial charge in [0, 0.05) is 29.2 Å². The van der Waals surface area contributed by atoms with Gasteiger partial charge in [0.25, 0.3) is 0 Å². The van der Waals surface area contributed by atoms with Gasteiger partial charge in [-0.15, -0.1) is 5.10 Å². The van der Waals surface area contributed by atoms with E-state index in [0.717, 1.165) is 46.5 Å². The molecule has 0 unspecified atom stereocenters. The monoisotopic (exact) mass is 497 g/mol. The van der Waals surface area contributed by atoms with Crippen molar-refractivity contribution in [3.8, 4) is 28.2 Å². The van der Waals surface area contributed by atoms with E-state index in [1.807, 2.05) is 49.4 Å². The van der Waals surface area contributed by atoms with Gasteiger partial charge in [-0.05, 0) is 46.5 Å².